The van der Waals surface area contributed by atoms with Crippen LogP contribution in [0.1, 0.15) is 0 Å². The number of aromatic nitrogens is 3. The quantitative estimate of drug-likeness (QED) is 0.427. The molecule has 3 aromatic rings. The average molecular weight is 354 g/mol. The van der Waals surface area contributed by atoms with Gasteiger partial charge in [0.1, 0.15) is 14.9 Å². The summed E-state index contributed by atoms with van der Waals surface area (Å²) in [6.45, 7) is 0. The van der Waals surface area contributed by atoms with Crippen molar-refractivity contribution in [2.24, 2.45) is 5.84 Å². The summed E-state index contributed by atoms with van der Waals surface area (Å²) < 4.78 is 0.934. The lowest BCUT2D eigenvalue weighted by molar-refractivity contribution is 1.06. The summed E-state index contributed by atoms with van der Waals surface area (Å²) in [7, 11) is 0. The number of pyridine rings is 1. The van der Waals surface area contributed by atoms with Gasteiger partial charge in [0.05, 0.1) is 4.47 Å². The van der Waals surface area contributed by atoms with Crippen LogP contribution in [-0.4, -0.2) is 15.0 Å². The van der Waals surface area contributed by atoms with Gasteiger partial charge in [-0.15, -0.1) is 11.3 Å². The van der Waals surface area contributed by atoms with Crippen molar-refractivity contribution in [2.45, 2.75) is 10.1 Å². The summed E-state index contributed by atoms with van der Waals surface area (Å²) in [5.74, 6) is 5.80. The van der Waals surface area contributed by atoms with E-state index in [-0.39, 0.29) is 0 Å². The average Bonchev–Trinajstić information content (AvgIpc) is 2.89. The fraction of sp³-hybridized carbons (Fsp3) is 0. The van der Waals surface area contributed by atoms with Gasteiger partial charge in [-0.25, -0.2) is 20.8 Å². The molecule has 0 aliphatic rings. The van der Waals surface area contributed by atoms with Gasteiger partial charge in [0, 0.05) is 11.6 Å². The predicted octanol–water partition coefficient (Wildman–Crippen LogP) is 3.29. The molecule has 0 aromatic carbocycles. The number of nitrogens with one attached hydrogen (secondary N) is 1. The zero-order valence-electron chi connectivity index (χ0n) is 9.50. The predicted molar refractivity (Wildman–Crippen MR) is 81.3 cm³/mol. The Hall–Kier alpha value is -1.22. The highest BCUT2D eigenvalue weighted by molar-refractivity contribution is 9.10. The molecule has 3 heterocycles. The number of thiophene rings is 1. The van der Waals surface area contributed by atoms with Gasteiger partial charge < -0.3 is 0 Å². The lowest BCUT2D eigenvalue weighted by Crippen LogP contribution is -2.10. The van der Waals surface area contributed by atoms with Crippen LogP contribution < -0.4 is 11.3 Å². The smallest absolute Gasteiger partial charge is 0.239 e. The summed E-state index contributed by atoms with van der Waals surface area (Å²) in [5, 5.41) is 4.68. The number of nitrogens with zero attached hydrogens (tertiary/aromatic N) is 3. The second kappa shape index (κ2) is 5.41. The number of nitrogens with two attached hydrogens (primary N) is 1. The SMILES string of the molecule is NNc1nc(Sc2ncccc2Br)c2ccsc2n1. The highest BCUT2D eigenvalue weighted by atomic mass is 79.9. The molecule has 0 aliphatic heterocycles. The van der Waals surface area contributed by atoms with Gasteiger partial charge in [0.25, 0.3) is 0 Å². The normalized spacial score (nSPS) is 10.8. The Morgan fingerprint density at radius 3 is 2.95 bits per heavy atom. The van der Waals surface area contributed by atoms with Crippen molar-refractivity contribution in [3.05, 3.63) is 34.2 Å². The Labute approximate surface area is 125 Å². The van der Waals surface area contributed by atoms with E-state index in [0.717, 1.165) is 24.7 Å². The van der Waals surface area contributed by atoms with E-state index < -0.39 is 0 Å². The minimum absolute atomic E-state index is 0.407. The highest BCUT2D eigenvalue weighted by Crippen LogP contribution is 2.36. The number of hydrogen-bond acceptors (Lipinski definition) is 7. The first kappa shape index (κ1) is 12.8. The van der Waals surface area contributed by atoms with E-state index in [1.165, 1.54) is 11.8 Å². The standard InChI is InChI=1S/C11H8BrN5S2/c12-7-2-1-4-14-10(7)19-9-6-3-5-18-8(6)15-11(16-9)17-13/h1-5H,13H2,(H,15,16,17). The number of anilines is 1. The second-order valence-electron chi connectivity index (χ2n) is 3.53. The van der Waals surface area contributed by atoms with Gasteiger partial charge in [-0.3, -0.25) is 5.43 Å². The molecule has 0 saturated heterocycles. The molecule has 0 spiro atoms. The molecule has 3 rings (SSSR count). The summed E-state index contributed by atoms with van der Waals surface area (Å²) >= 11 is 6.51. The van der Waals surface area contributed by atoms with Crippen LogP contribution in [0, 0.1) is 0 Å². The third kappa shape index (κ3) is 2.57. The first-order chi connectivity index (χ1) is 9.28. The Morgan fingerprint density at radius 1 is 1.26 bits per heavy atom. The third-order valence-electron chi connectivity index (χ3n) is 2.34. The van der Waals surface area contributed by atoms with Gasteiger partial charge >= 0.3 is 0 Å². The summed E-state index contributed by atoms with van der Waals surface area (Å²) in [4.78, 5) is 13.9. The maximum absolute atomic E-state index is 5.40. The first-order valence-corrected chi connectivity index (χ1v) is 7.77. The van der Waals surface area contributed by atoms with Crippen LogP contribution in [0.25, 0.3) is 10.2 Å². The van der Waals surface area contributed by atoms with E-state index in [1.807, 2.05) is 23.6 Å². The molecule has 3 aromatic heterocycles. The lowest BCUT2D eigenvalue weighted by atomic mass is 10.4. The molecule has 0 aliphatic carbocycles. The highest BCUT2D eigenvalue weighted by Gasteiger charge is 2.12. The van der Waals surface area contributed by atoms with E-state index in [9.17, 15) is 0 Å². The minimum atomic E-state index is 0.407. The van der Waals surface area contributed by atoms with Crippen LogP contribution in [0.3, 0.4) is 0 Å². The Balaban J connectivity index is 2.09. The molecule has 5 nitrogen and oxygen atoms in total. The first-order valence-electron chi connectivity index (χ1n) is 5.28. The van der Waals surface area contributed by atoms with Crippen LogP contribution in [0.15, 0.2) is 44.3 Å². The fourth-order valence-electron chi connectivity index (χ4n) is 1.51. The number of hydrogen-bond donors (Lipinski definition) is 2. The molecule has 0 radical (unpaired) electrons. The Bertz CT molecular complexity index is 730. The van der Waals surface area contributed by atoms with Crippen LogP contribution in [0.5, 0.6) is 0 Å². The topological polar surface area (TPSA) is 76.7 Å². The van der Waals surface area contributed by atoms with Gasteiger partial charge in [0.15, 0.2) is 0 Å². The maximum Gasteiger partial charge on any atom is 0.239 e. The molecule has 0 amide bonds. The number of fused-ring (bicyclic) bond motifs is 1. The third-order valence-corrected chi connectivity index (χ3v) is 5.07. The molecule has 0 saturated carbocycles. The number of halogens is 1. The van der Waals surface area contributed by atoms with Crippen LogP contribution in [-0.2, 0) is 0 Å². The number of rotatable bonds is 3. The van der Waals surface area contributed by atoms with Crippen molar-refractivity contribution >= 4 is 55.2 Å². The second-order valence-corrected chi connectivity index (χ2v) is 6.25. The van der Waals surface area contributed by atoms with E-state index in [1.54, 1.807) is 17.5 Å². The van der Waals surface area contributed by atoms with E-state index in [4.69, 9.17) is 5.84 Å². The Morgan fingerprint density at radius 2 is 2.16 bits per heavy atom. The molecule has 19 heavy (non-hydrogen) atoms. The zero-order valence-corrected chi connectivity index (χ0v) is 12.7. The van der Waals surface area contributed by atoms with Crippen molar-refractivity contribution in [1.82, 2.24) is 15.0 Å². The van der Waals surface area contributed by atoms with Crippen molar-refractivity contribution in [3.63, 3.8) is 0 Å². The fourth-order valence-corrected chi connectivity index (χ4v) is 3.70. The zero-order chi connectivity index (χ0) is 13.2. The van der Waals surface area contributed by atoms with Gasteiger partial charge in [0.2, 0.25) is 5.95 Å². The molecule has 3 N–H and O–H groups in total. The van der Waals surface area contributed by atoms with Gasteiger partial charge in [-0.2, -0.15) is 0 Å². The maximum atomic E-state index is 5.40. The molecule has 96 valence electrons. The molecule has 0 atom stereocenters. The van der Waals surface area contributed by atoms with E-state index in [0.29, 0.717) is 5.95 Å². The molecule has 0 bridgehead atoms. The van der Waals surface area contributed by atoms with Gasteiger partial charge in [-0.1, -0.05) is 0 Å². The van der Waals surface area contributed by atoms with Crippen LogP contribution >= 0.6 is 39.0 Å². The van der Waals surface area contributed by atoms with Gasteiger partial charge in [-0.05, 0) is 51.3 Å². The summed E-state index contributed by atoms with van der Waals surface area (Å²) in [6.07, 6.45) is 1.75. The number of hydrazine groups is 1. The molecular formula is C11H8BrN5S2. The van der Waals surface area contributed by atoms with E-state index >= 15 is 0 Å². The van der Waals surface area contributed by atoms with Crippen molar-refractivity contribution in [1.29, 1.82) is 0 Å². The van der Waals surface area contributed by atoms with Crippen LogP contribution in [0.4, 0.5) is 5.95 Å². The Kier molecular flexibility index (Phi) is 3.65. The van der Waals surface area contributed by atoms with E-state index in [2.05, 4.69) is 36.3 Å². The number of nitrogen functional groups attached to an aromatic ring is 1. The van der Waals surface area contributed by atoms with Crippen LogP contribution in [0.2, 0.25) is 0 Å². The molecule has 8 heteroatoms. The molecule has 0 unspecified atom stereocenters. The lowest BCUT2D eigenvalue weighted by Gasteiger charge is -2.05. The molecule has 0 fully saturated rings. The summed E-state index contributed by atoms with van der Waals surface area (Å²) in [5.41, 5.74) is 2.49. The molecular weight excluding hydrogens is 346 g/mol. The van der Waals surface area contributed by atoms with Crippen molar-refractivity contribution < 1.29 is 0 Å². The van der Waals surface area contributed by atoms with Crippen molar-refractivity contribution in [3.8, 4) is 0 Å². The summed E-state index contributed by atoms with van der Waals surface area (Å²) in [6, 6.07) is 5.82. The minimum Gasteiger partial charge on any atom is -0.292 e. The van der Waals surface area contributed by atoms with Crippen molar-refractivity contribution in [2.75, 3.05) is 5.43 Å². The largest absolute Gasteiger partial charge is 0.292 e. The monoisotopic (exact) mass is 353 g/mol.